The van der Waals surface area contributed by atoms with Crippen molar-refractivity contribution < 1.29 is 9.59 Å². The van der Waals surface area contributed by atoms with Crippen LogP contribution in [0.3, 0.4) is 0 Å². The van der Waals surface area contributed by atoms with Crippen LogP contribution in [0.4, 0.5) is 5.69 Å². The van der Waals surface area contributed by atoms with Gasteiger partial charge in [0.2, 0.25) is 0 Å². The summed E-state index contributed by atoms with van der Waals surface area (Å²) in [6.07, 6.45) is 10.5. The summed E-state index contributed by atoms with van der Waals surface area (Å²) < 4.78 is 1.64. The topological polar surface area (TPSA) is 128 Å². The van der Waals surface area contributed by atoms with Gasteiger partial charge in [0.25, 0.3) is 11.8 Å². The van der Waals surface area contributed by atoms with Gasteiger partial charge in [-0.1, -0.05) is 0 Å². The maximum atomic E-state index is 13.2. The first-order valence-corrected chi connectivity index (χ1v) is 13.4. The Morgan fingerprint density at radius 3 is 2.81 bits per heavy atom. The highest BCUT2D eigenvalue weighted by Gasteiger charge is 2.37. The summed E-state index contributed by atoms with van der Waals surface area (Å²) in [5, 5.41) is 21.2. The van der Waals surface area contributed by atoms with E-state index in [9.17, 15) is 9.59 Å². The van der Waals surface area contributed by atoms with Crippen molar-refractivity contribution in [2.75, 3.05) is 32.0 Å². The average Bonchev–Trinajstić information content (AvgIpc) is 3.65. The molecule has 0 aromatic carbocycles. The SMILES string of the molecule is CN/C=C(\C(C)=N)c1cn2ncc(C(=O)Nc3cc(C(=O)NCCN4CC5CCC4C5)cnc3C)c2s1. The van der Waals surface area contributed by atoms with Gasteiger partial charge in [-0.15, -0.1) is 11.3 Å². The Balaban J connectivity index is 1.26. The number of fused-ring (bicyclic) bond motifs is 3. The molecule has 10 nitrogen and oxygen atoms in total. The van der Waals surface area contributed by atoms with Crippen molar-refractivity contribution >= 4 is 45.0 Å². The third-order valence-electron chi connectivity index (χ3n) is 7.20. The maximum absolute atomic E-state index is 13.2. The number of amides is 2. The number of hydrogen-bond acceptors (Lipinski definition) is 8. The number of piperidine rings is 1. The van der Waals surface area contributed by atoms with Crippen LogP contribution >= 0.6 is 11.3 Å². The largest absolute Gasteiger partial charge is 0.393 e. The average molecular weight is 521 g/mol. The minimum absolute atomic E-state index is 0.200. The molecule has 1 aliphatic heterocycles. The number of nitrogens with zero attached hydrogens (tertiary/aromatic N) is 4. The van der Waals surface area contributed by atoms with Crippen LogP contribution in [0.1, 0.15) is 57.5 Å². The number of anilines is 1. The molecule has 194 valence electrons. The fraction of sp³-hybridized carbons (Fsp3) is 0.423. The van der Waals surface area contributed by atoms with Gasteiger partial charge in [0.15, 0.2) is 0 Å². The number of pyridine rings is 1. The van der Waals surface area contributed by atoms with Crippen molar-refractivity contribution in [1.29, 1.82) is 5.41 Å². The maximum Gasteiger partial charge on any atom is 0.260 e. The molecule has 0 spiro atoms. The Morgan fingerprint density at radius 1 is 1.27 bits per heavy atom. The van der Waals surface area contributed by atoms with Crippen molar-refractivity contribution in [2.45, 2.75) is 39.2 Å². The third kappa shape index (κ3) is 5.14. The molecule has 4 N–H and O–H groups in total. The second-order valence-corrected chi connectivity index (χ2v) is 10.8. The molecule has 2 bridgehead atoms. The van der Waals surface area contributed by atoms with E-state index >= 15 is 0 Å². The van der Waals surface area contributed by atoms with Crippen molar-refractivity contribution in [3.05, 3.63) is 52.6 Å². The lowest BCUT2D eigenvalue weighted by molar-refractivity contribution is 0.0943. The predicted molar refractivity (Wildman–Crippen MR) is 145 cm³/mol. The highest BCUT2D eigenvalue weighted by Crippen LogP contribution is 2.36. The number of hydrogen-bond donors (Lipinski definition) is 4. The molecule has 2 aliphatic rings. The van der Waals surface area contributed by atoms with E-state index < -0.39 is 0 Å². The summed E-state index contributed by atoms with van der Waals surface area (Å²) in [6.45, 7) is 6.10. The van der Waals surface area contributed by atoms with E-state index in [4.69, 9.17) is 5.41 Å². The van der Waals surface area contributed by atoms with E-state index in [0.29, 0.717) is 45.6 Å². The minimum Gasteiger partial charge on any atom is -0.393 e. The quantitative estimate of drug-likeness (QED) is 0.321. The van der Waals surface area contributed by atoms with Crippen LogP contribution in [-0.4, -0.2) is 69.7 Å². The second-order valence-electron chi connectivity index (χ2n) is 9.77. The molecule has 0 radical (unpaired) electrons. The zero-order valence-corrected chi connectivity index (χ0v) is 22.1. The molecule has 2 amide bonds. The molecule has 1 aliphatic carbocycles. The molecule has 37 heavy (non-hydrogen) atoms. The molecule has 4 heterocycles. The van der Waals surface area contributed by atoms with Gasteiger partial charge in [-0.3, -0.25) is 19.5 Å². The van der Waals surface area contributed by atoms with Crippen LogP contribution in [-0.2, 0) is 0 Å². The Hall–Kier alpha value is -3.57. The molecule has 3 aromatic rings. The van der Waals surface area contributed by atoms with Gasteiger partial charge in [0.1, 0.15) is 4.83 Å². The summed E-state index contributed by atoms with van der Waals surface area (Å²) in [5.74, 6) is 0.299. The van der Waals surface area contributed by atoms with Crippen LogP contribution in [0, 0.1) is 18.3 Å². The van der Waals surface area contributed by atoms with E-state index in [0.717, 1.165) is 29.5 Å². The minimum atomic E-state index is -0.333. The highest BCUT2D eigenvalue weighted by molar-refractivity contribution is 7.19. The number of aryl methyl sites for hydroxylation is 1. The van der Waals surface area contributed by atoms with Gasteiger partial charge in [-0.2, -0.15) is 5.10 Å². The Morgan fingerprint density at radius 2 is 2.11 bits per heavy atom. The molecular formula is C26H32N8O2S. The summed E-state index contributed by atoms with van der Waals surface area (Å²) in [5.41, 5.74) is 3.07. The van der Waals surface area contributed by atoms with E-state index in [1.807, 2.05) is 6.20 Å². The smallest absolute Gasteiger partial charge is 0.260 e. The van der Waals surface area contributed by atoms with Gasteiger partial charge in [-0.05, 0) is 45.1 Å². The van der Waals surface area contributed by atoms with Gasteiger partial charge in [0.05, 0.1) is 33.6 Å². The Labute approximate surface area is 219 Å². The van der Waals surface area contributed by atoms with Crippen molar-refractivity contribution in [3.63, 3.8) is 0 Å². The van der Waals surface area contributed by atoms with Gasteiger partial charge in [0, 0.05) is 62.6 Å². The van der Waals surface area contributed by atoms with Crippen LogP contribution in [0.2, 0.25) is 0 Å². The fourth-order valence-electron chi connectivity index (χ4n) is 5.26. The Kier molecular flexibility index (Phi) is 7.07. The van der Waals surface area contributed by atoms with Crippen LogP contribution in [0.25, 0.3) is 10.4 Å². The van der Waals surface area contributed by atoms with E-state index in [1.165, 1.54) is 43.0 Å². The van der Waals surface area contributed by atoms with Crippen LogP contribution in [0.5, 0.6) is 0 Å². The lowest BCUT2D eigenvalue weighted by Gasteiger charge is -2.26. The summed E-state index contributed by atoms with van der Waals surface area (Å²) in [4.78, 5) is 34.3. The monoisotopic (exact) mass is 520 g/mol. The van der Waals surface area contributed by atoms with Crippen LogP contribution < -0.4 is 16.0 Å². The van der Waals surface area contributed by atoms with E-state index in [1.54, 1.807) is 37.7 Å². The predicted octanol–water partition coefficient (Wildman–Crippen LogP) is 3.17. The highest BCUT2D eigenvalue weighted by atomic mass is 32.1. The molecule has 1 saturated carbocycles. The number of allylic oxidation sites excluding steroid dienone is 1. The number of likely N-dealkylation sites (tertiary alicyclic amines) is 1. The Bertz CT molecular complexity index is 1390. The molecule has 1 saturated heterocycles. The number of carbonyl (C=O) groups is 2. The third-order valence-corrected chi connectivity index (χ3v) is 8.35. The van der Waals surface area contributed by atoms with Crippen molar-refractivity contribution in [2.24, 2.45) is 5.92 Å². The number of carbonyl (C=O) groups excluding carboxylic acids is 2. The number of aromatic nitrogens is 3. The molecule has 11 heteroatoms. The first-order chi connectivity index (χ1) is 17.8. The number of rotatable bonds is 9. The summed E-state index contributed by atoms with van der Waals surface area (Å²) in [7, 11) is 1.78. The summed E-state index contributed by atoms with van der Waals surface area (Å²) >= 11 is 1.39. The van der Waals surface area contributed by atoms with Crippen molar-refractivity contribution in [1.82, 2.24) is 30.1 Å². The van der Waals surface area contributed by atoms with E-state index in [2.05, 4.69) is 30.9 Å². The standard InChI is InChI=1S/C26H32N8O2S/c1-15(27)20(11-28-3)23-14-34-26(37-23)21(12-31-34)25(36)32-22-9-18(10-30-16(22)2)24(35)29-6-7-33-13-17-4-5-19(33)8-17/h9-12,14,17,19,27-28H,4-8,13H2,1-3H3,(H,29,35)(H,32,36)/b20-11+,27-15?. The van der Waals surface area contributed by atoms with E-state index in [-0.39, 0.29) is 11.8 Å². The normalized spacial score (nSPS) is 19.4. The first kappa shape index (κ1) is 25.1. The second kappa shape index (κ2) is 10.4. The van der Waals surface area contributed by atoms with Gasteiger partial charge < -0.3 is 21.4 Å². The summed E-state index contributed by atoms with van der Waals surface area (Å²) in [6, 6.07) is 2.35. The molecule has 5 rings (SSSR count). The number of thiazole rings is 1. The molecule has 2 unspecified atom stereocenters. The lowest BCUT2D eigenvalue weighted by Crippen LogP contribution is -2.39. The molecule has 3 aromatic heterocycles. The fourth-order valence-corrected chi connectivity index (χ4v) is 6.40. The van der Waals surface area contributed by atoms with Gasteiger partial charge >= 0.3 is 0 Å². The zero-order valence-electron chi connectivity index (χ0n) is 21.3. The van der Waals surface area contributed by atoms with Crippen LogP contribution in [0.15, 0.2) is 30.9 Å². The molecule has 2 fully saturated rings. The number of nitrogens with one attached hydrogen (secondary N) is 4. The molecule has 2 atom stereocenters. The van der Waals surface area contributed by atoms with Gasteiger partial charge in [-0.25, -0.2) is 4.52 Å². The van der Waals surface area contributed by atoms with Crippen molar-refractivity contribution in [3.8, 4) is 0 Å². The molecular weight excluding hydrogens is 488 g/mol. The first-order valence-electron chi connectivity index (χ1n) is 12.5. The lowest BCUT2D eigenvalue weighted by atomic mass is 10.1. The zero-order chi connectivity index (χ0) is 26.1.